The first-order valence-electron chi connectivity index (χ1n) is 11.2. The van der Waals surface area contributed by atoms with Gasteiger partial charge in [0.2, 0.25) is 5.95 Å². The number of aromatic nitrogens is 2. The van der Waals surface area contributed by atoms with Crippen molar-refractivity contribution in [1.82, 2.24) is 15.3 Å². The molecule has 1 aliphatic carbocycles. The van der Waals surface area contributed by atoms with Crippen LogP contribution in [0.5, 0.6) is 0 Å². The van der Waals surface area contributed by atoms with Gasteiger partial charge in [0, 0.05) is 37.6 Å². The normalized spacial score (nSPS) is 21.5. The standard InChI is InChI=1S/C24H27N5O2S/c1-16-6-7-20-19(10-16)22(26-18-11-24(12-18)14-25-15-24)28-23(27-20)29-8-9-32(30,31)21-5-3-2-4-17(21)13-29/h2-7,10,18,25H,8-9,11-15H2,1H3,(H,26,27,28). The van der Waals surface area contributed by atoms with Crippen LogP contribution in [0.3, 0.4) is 0 Å². The maximum absolute atomic E-state index is 12.8. The third kappa shape index (κ3) is 3.33. The van der Waals surface area contributed by atoms with Gasteiger partial charge in [-0.25, -0.2) is 13.4 Å². The van der Waals surface area contributed by atoms with Crippen LogP contribution in [0.15, 0.2) is 47.4 Å². The molecular formula is C24H27N5O2S. The fraction of sp³-hybridized carbons (Fsp3) is 0.417. The van der Waals surface area contributed by atoms with Gasteiger partial charge in [0.25, 0.3) is 0 Å². The molecule has 0 radical (unpaired) electrons. The molecule has 7 nitrogen and oxygen atoms in total. The molecule has 3 aliphatic rings. The molecule has 3 aromatic rings. The number of sulfone groups is 1. The van der Waals surface area contributed by atoms with Gasteiger partial charge in [-0.2, -0.15) is 4.98 Å². The molecule has 1 saturated carbocycles. The van der Waals surface area contributed by atoms with Crippen LogP contribution in [-0.2, 0) is 16.4 Å². The third-order valence-electron chi connectivity index (χ3n) is 7.12. The van der Waals surface area contributed by atoms with Gasteiger partial charge in [-0.1, -0.05) is 29.8 Å². The van der Waals surface area contributed by atoms with Gasteiger partial charge in [-0.3, -0.25) is 0 Å². The smallest absolute Gasteiger partial charge is 0.228 e. The zero-order chi connectivity index (χ0) is 21.9. The van der Waals surface area contributed by atoms with Crippen LogP contribution in [0.1, 0.15) is 24.0 Å². The summed E-state index contributed by atoms with van der Waals surface area (Å²) in [6, 6.07) is 13.9. The molecule has 166 valence electrons. The minimum absolute atomic E-state index is 0.0558. The first-order valence-corrected chi connectivity index (χ1v) is 12.9. The molecule has 6 rings (SSSR count). The molecule has 3 heterocycles. The maximum Gasteiger partial charge on any atom is 0.228 e. The number of anilines is 2. The predicted molar refractivity (Wildman–Crippen MR) is 126 cm³/mol. The molecular weight excluding hydrogens is 422 g/mol. The van der Waals surface area contributed by atoms with Crippen molar-refractivity contribution in [2.75, 3.05) is 35.6 Å². The highest BCUT2D eigenvalue weighted by Gasteiger charge is 2.48. The molecule has 1 spiro atoms. The highest BCUT2D eigenvalue weighted by molar-refractivity contribution is 7.91. The molecule has 2 fully saturated rings. The zero-order valence-corrected chi connectivity index (χ0v) is 19.0. The average Bonchev–Trinajstić information content (AvgIpc) is 2.85. The zero-order valence-electron chi connectivity index (χ0n) is 18.1. The Morgan fingerprint density at radius 3 is 2.72 bits per heavy atom. The molecule has 0 amide bonds. The van der Waals surface area contributed by atoms with Crippen LogP contribution in [0.25, 0.3) is 10.9 Å². The molecule has 8 heteroatoms. The van der Waals surface area contributed by atoms with E-state index >= 15 is 0 Å². The lowest BCUT2D eigenvalue weighted by molar-refractivity contribution is 0.0469. The highest BCUT2D eigenvalue weighted by atomic mass is 32.2. The van der Waals surface area contributed by atoms with E-state index in [9.17, 15) is 8.42 Å². The van der Waals surface area contributed by atoms with E-state index in [4.69, 9.17) is 9.97 Å². The van der Waals surface area contributed by atoms with Crippen LogP contribution >= 0.6 is 0 Å². The Kier molecular flexibility index (Phi) is 4.45. The molecule has 2 aromatic carbocycles. The summed E-state index contributed by atoms with van der Waals surface area (Å²) in [5, 5.41) is 8.09. The lowest BCUT2D eigenvalue weighted by atomic mass is 9.61. The second-order valence-electron chi connectivity index (χ2n) is 9.59. The van der Waals surface area contributed by atoms with E-state index in [0.29, 0.717) is 35.4 Å². The SMILES string of the molecule is Cc1ccc2nc(N3CCS(=O)(=O)c4ccccc4C3)nc(NC3CC4(CNC4)C3)c2c1. The van der Waals surface area contributed by atoms with E-state index in [1.165, 1.54) is 5.56 Å². The topological polar surface area (TPSA) is 87.2 Å². The van der Waals surface area contributed by atoms with Crippen molar-refractivity contribution in [1.29, 1.82) is 0 Å². The van der Waals surface area contributed by atoms with Gasteiger partial charge in [-0.05, 0) is 48.9 Å². The molecule has 1 aromatic heterocycles. The molecule has 32 heavy (non-hydrogen) atoms. The van der Waals surface area contributed by atoms with Gasteiger partial charge >= 0.3 is 0 Å². The summed E-state index contributed by atoms with van der Waals surface area (Å²) < 4.78 is 25.6. The molecule has 2 N–H and O–H groups in total. The lowest BCUT2D eigenvalue weighted by Gasteiger charge is -2.54. The van der Waals surface area contributed by atoms with Crippen molar-refractivity contribution in [3.8, 4) is 0 Å². The van der Waals surface area contributed by atoms with E-state index in [1.807, 2.05) is 23.1 Å². The molecule has 0 unspecified atom stereocenters. The van der Waals surface area contributed by atoms with E-state index in [1.54, 1.807) is 12.1 Å². The number of fused-ring (bicyclic) bond motifs is 2. The summed E-state index contributed by atoms with van der Waals surface area (Å²) in [5.74, 6) is 1.48. The van der Waals surface area contributed by atoms with Crippen molar-refractivity contribution in [3.05, 3.63) is 53.6 Å². The maximum atomic E-state index is 12.8. The second kappa shape index (κ2) is 7.15. The minimum Gasteiger partial charge on any atom is -0.367 e. The summed E-state index contributed by atoms with van der Waals surface area (Å²) >= 11 is 0. The van der Waals surface area contributed by atoms with Crippen LogP contribution in [0, 0.1) is 12.3 Å². The number of hydrogen-bond acceptors (Lipinski definition) is 7. The third-order valence-corrected chi connectivity index (χ3v) is 8.91. The number of rotatable bonds is 3. The number of hydrogen-bond donors (Lipinski definition) is 2. The summed E-state index contributed by atoms with van der Waals surface area (Å²) in [5.41, 5.74) is 3.32. The summed E-state index contributed by atoms with van der Waals surface area (Å²) in [4.78, 5) is 12.2. The molecule has 2 aliphatic heterocycles. The Morgan fingerprint density at radius 2 is 1.94 bits per heavy atom. The Hall–Kier alpha value is -2.71. The largest absolute Gasteiger partial charge is 0.367 e. The summed E-state index contributed by atoms with van der Waals surface area (Å²) in [6.07, 6.45) is 2.31. The van der Waals surface area contributed by atoms with Crippen molar-refractivity contribution in [3.63, 3.8) is 0 Å². The quantitative estimate of drug-likeness (QED) is 0.636. The fourth-order valence-corrected chi connectivity index (χ4v) is 6.76. The van der Waals surface area contributed by atoms with Crippen molar-refractivity contribution >= 4 is 32.5 Å². The minimum atomic E-state index is -3.32. The Morgan fingerprint density at radius 1 is 1.12 bits per heavy atom. The first kappa shape index (κ1) is 19.9. The number of nitrogens with zero attached hydrogens (tertiary/aromatic N) is 3. The number of nitrogens with one attached hydrogen (secondary N) is 2. The highest BCUT2D eigenvalue weighted by Crippen LogP contribution is 2.45. The van der Waals surface area contributed by atoms with Crippen LogP contribution in [-0.4, -0.2) is 49.8 Å². The predicted octanol–water partition coefficient (Wildman–Crippen LogP) is 2.90. The van der Waals surface area contributed by atoms with Gasteiger partial charge in [0.15, 0.2) is 9.84 Å². The van der Waals surface area contributed by atoms with Crippen molar-refractivity contribution < 1.29 is 8.42 Å². The second-order valence-corrected chi connectivity index (χ2v) is 11.7. The Bertz CT molecular complexity index is 1310. The molecule has 0 atom stereocenters. The van der Waals surface area contributed by atoms with Gasteiger partial charge < -0.3 is 15.5 Å². The summed E-state index contributed by atoms with van der Waals surface area (Å²) in [7, 11) is -3.32. The van der Waals surface area contributed by atoms with E-state index < -0.39 is 9.84 Å². The van der Waals surface area contributed by atoms with Crippen molar-refractivity contribution in [2.45, 2.75) is 37.2 Å². The van der Waals surface area contributed by atoms with E-state index in [2.05, 4.69) is 29.7 Å². The number of benzene rings is 2. The molecule has 1 saturated heterocycles. The monoisotopic (exact) mass is 449 g/mol. The van der Waals surface area contributed by atoms with Gasteiger partial charge in [-0.15, -0.1) is 0 Å². The average molecular weight is 450 g/mol. The summed E-state index contributed by atoms with van der Waals surface area (Å²) in [6.45, 7) is 5.14. The van der Waals surface area contributed by atoms with E-state index in [0.717, 1.165) is 48.2 Å². The Labute approximate surface area is 188 Å². The van der Waals surface area contributed by atoms with Crippen LogP contribution < -0.4 is 15.5 Å². The lowest BCUT2D eigenvalue weighted by Crippen LogP contribution is -2.63. The van der Waals surface area contributed by atoms with Crippen molar-refractivity contribution in [2.24, 2.45) is 5.41 Å². The molecule has 0 bridgehead atoms. The van der Waals surface area contributed by atoms with Gasteiger partial charge in [0.05, 0.1) is 16.2 Å². The first-order chi connectivity index (χ1) is 15.4. The number of aryl methyl sites for hydroxylation is 1. The van der Waals surface area contributed by atoms with E-state index in [-0.39, 0.29) is 5.75 Å². The fourth-order valence-electron chi connectivity index (χ4n) is 5.26. The van der Waals surface area contributed by atoms with Gasteiger partial charge in [0.1, 0.15) is 5.82 Å². The van der Waals surface area contributed by atoms with Crippen LogP contribution in [0.2, 0.25) is 0 Å². The Balaban J connectivity index is 1.37. The van der Waals surface area contributed by atoms with Crippen LogP contribution in [0.4, 0.5) is 11.8 Å².